The minimum absolute atomic E-state index is 0.0656. The molecule has 106 valence electrons. The van der Waals surface area contributed by atoms with E-state index < -0.39 is 11.4 Å². The second-order valence-corrected chi connectivity index (χ2v) is 5.27. The summed E-state index contributed by atoms with van der Waals surface area (Å²) in [7, 11) is 0. The Balaban J connectivity index is 2.52. The number of carbonyl (C=O) groups is 2. The predicted octanol–water partition coefficient (Wildman–Crippen LogP) is 2.28. The van der Waals surface area contributed by atoms with Gasteiger partial charge in [0.1, 0.15) is 0 Å². The molecule has 1 amide bonds. The zero-order chi connectivity index (χ0) is 14.3. The van der Waals surface area contributed by atoms with Gasteiger partial charge in [0.15, 0.2) is 0 Å². The lowest BCUT2D eigenvalue weighted by Gasteiger charge is -2.39. The lowest BCUT2D eigenvalue weighted by Crippen LogP contribution is -2.49. The summed E-state index contributed by atoms with van der Waals surface area (Å²) in [6, 6.07) is 0. The SMILES string of the molecule is C#CCCCCC(=O)N1CCCC(CC)(C(=O)O)C1. The van der Waals surface area contributed by atoms with Gasteiger partial charge in [-0.15, -0.1) is 12.3 Å². The summed E-state index contributed by atoms with van der Waals surface area (Å²) < 4.78 is 0. The Morgan fingerprint density at radius 2 is 2.16 bits per heavy atom. The van der Waals surface area contributed by atoms with Crippen LogP contribution in [-0.4, -0.2) is 35.0 Å². The monoisotopic (exact) mass is 265 g/mol. The standard InChI is InChI=1S/C15H23NO3/c1-3-5-6-7-9-13(17)16-11-8-10-15(4-2,12-16)14(18)19/h1H,4-12H2,2H3,(H,18,19). The number of rotatable bonds is 6. The Morgan fingerprint density at radius 3 is 2.74 bits per heavy atom. The summed E-state index contributed by atoms with van der Waals surface area (Å²) in [5, 5.41) is 9.37. The van der Waals surface area contributed by atoms with Gasteiger partial charge in [0.05, 0.1) is 5.41 Å². The van der Waals surface area contributed by atoms with E-state index in [0.29, 0.717) is 38.8 Å². The van der Waals surface area contributed by atoms with E-state index in [1.807, 2.05) is 6.92 Å². The van der Waals surface area contributed by atoms with Crippen LogP contribution >= 0.6 is 0 Å². The quantitative estimate of drug-likeness (QED) is 0.592. The fourth-order valence-corrected chi connectivity index (χ4v) is 2.62. The molecule has 1 N–H and O–H groups in total. The van der Waals surface area contributed by atoms with Crippen LogP contribution < -0.4 is 0 Å². The van der Waals surface area contributed by atoms with Gasteiger partial charge in [-0.2, -0.15) is 0 Å². The second kappa shape index (κ2) is 7.18. The molecule has 1 heterocycles. The van der Waals surface area contributed by atoms with Crippen LogP contribution in [0.25, 0.3) is 0 Å². The maximum Gasteiger partial charge on any atom is 0.311 e. The molecule has 1 atom stereocenters. The van der Waals surface area contributed by atoms with Crippen LogP contribution in [0.1, 0.15) is 51.9 Å². The third-order valence-corrected chi connectivity index (χ3v) is 4.02. The number of nitrogens with zero attached hydrogens (tertiary/aromatic N) is 1. The van der Waals surface area contributed by atoms with Crippen LogP contribution in [0, 0.1) is 17.8 Å². The van der Waals surface area contributed by atoms with Gasteiger partial charge in [-0.3, -0.25) is 9.59 Å². The van der Waals surface area contributed by atoms with E-state index in [-0.39, 0.29) is 5.91 Å². The molecule has 0 bridgehead atoms. The van der Waals surface area contributed by atoms with E-state index in [1.54, 1.807) is 4.90 Å². The Labute approximate surface area is 115 Å². The summed E-state index contributed by atoms with van der Waals surface area (Å²) in [4.78, 5) is 25.2. The van der Waals surface area contributed by atoms with Gasteiger partial charge >= 0.3 is 5.97 Å². The van der Waals surface area contributed by atoms with Crippen molar-refractivity contribution in [3.05, 3.63) is 0 Å². The Bertz CT molecular complexity index is 372. The predicted molar refractivity (Wildman–Crippen MR) is 73.5 cm³/mol. The Kier molecular flexibility index (Phi) is 5.88. The van der Waals surface area contributed by atoms with E-state index in [0.717, 1.165) is 19.3 Å². The van der Waals surface area contributed by atoms with Crippen LogP contribution in [0.3, 0.4) is 0 Å². The largest absolute Gasteiger partial charge is 0.481 e. The highest BCUT2D eigenvalue weighted by atomic mass is 16.4. The second-order valence-electron chi connectivity index (χ2n) is 5.27. The van der Waals surface area contributed by atoms with E-state index in [1.165, 1.54) is 0 Å². The molecular weight excluding hydrogens is 242 g/mol. The Hall–Kier alpha value is -1.50. The first-order valence-electron chi connectivity index (χ1n) is 7.00. The van der Waals surface area contributed by atoms with Crippen molar-refractivity contribution in [3.8, 4) is 12.3 Å². The molecule has 1 saturated heterocycles. The molecule has 1 fully saturated rings. The zero-order valence-corrected chi connectivity index (χ0v) is 11.7. The number of aliphatic carboxylic acids is 1. The molecule has 0 aliphatic carbocycles. The molecule has 0 radical (unpaired) electrons. The van der Waals surface area contributed by atoms with Crippen LogP contribution in [0.5, 0.6) is 0 Å². The van der Waals surface area contributed by atoms with Gasteiger partial charge in [-0.25, -0.2) is 0 Å². The summed E-state index contributed by atoms with van der Waals surface area (Å²) in [6.07, 6.45) is 9.99. The maximum atomic E-state index is 12.1. The average Bonchev–Trinajstić information content (AvgIpc) is 2.43. The first kappa shape index (κ1) is 15.6. The number of unbranched alkanes of at least 4 members (excludes halogenated alkanes) is 2. The number of piperidine rings is 1. The van der Waals surface area contributed by atoms with Crippen molar-refractivity contribution in [1.82, 2.24) is 4.90 Å². The first-order valence-corrected chi connectivity index (χ1v) is 7.00. The molecule has 1 unspecified atom stereocenters. The van der Waals surface area contributed by atoms with Crippen molar-refractivity contribution >= 4 is 11.9 Å². The first-order chi connectivity index (χ1) is 9.05. The summed E-state index contributed by atoms with van der Waals surface area (Å²) in [5.41, 5.74) is -0.743. The average molecular weight is 265 g/mol. The number of carboxylic acids is 1. The summed E-state index contributed by atoms with van der Waals surface area (Å²) in [5.74, 6) is 1.84. The third kappa shape index (κ3) is 3.99. The number of hydrogen-bond acceptors (Lipinski definition) is 2. The van der Waals surface area contributed by atoms with Crippen molar-refractivity contribution < 1.29 is 14.7 Å². The van der Waals surface area contributed by atoms with Crippen molar-refractivity contribution in [2.45, 2.75) is 51.9 Å². The Morgan fingerprint density at radius 1 is 1.42 bits per heavy atom. The van der Waals surface area contributed by atoms with Crippen LogP contribution in [0.4, 0.5) is 0 Å². The molecular formula is C15H23NO3. The van der Waals surface area contributed by atoms with Gasteiger partial charge in [0, 0.05) is 25.9 Å². The van der Waals surface area contributed by atoms with Crippen molar-refractivity contribution in [2.75, 3.05) is 13.1 Å². The third-order valence-electron chi connectivity index (χ3n) is 4.02. The highest BCUT2D eigenvalue weighted by Crippen LogP contribution is 2.34. The molecule has 0 aromatic heterocycles. The number of carbonyl (C=O) groups excluding carboxylic acids is 1. The number of hydrogen-bond donors (Lipinski definition) is 1. The van der Waals surface area contributed by atoms with Crippen molar-refractivity contribution in [3.63, 3.8) is 0 Å². The lowest BCUT2D eigenvalue weighted by atomic mass is 9.77. The van der Waals surface area contributed by atoms with Crippen LogP contribution in [0.15, 0.2) is 0 Å². The van der Waals surface area contributed by atoms with Gasteiger partial charge in [-0.05, 0) is 32.1 Å². The summed E-state index contributed by atoms with van der Waals surface area (Å²) >= 11 is 0. The number of amides is 1. The highest BCUT2D eigenvalue weighted by Gasteiger charge is 2.41. The highest BCUT2D eigenvalue weighted by molar-refractivity contribution is 5.79. The molecule has 1 aliphatic heterocycles. The van der Waals surface area contributed by atoms with Gasteiger partial charge in [0.25, 0.3) is 0 Å². The molecule has 1 rings (SSSR count). The van der Waals surface area contributed by atoms with Gasteiger partial charge in [-0.1, -0.05) is 6.92 Å². The van der Waals surface area contributed by atoms with Gasteiger partial charge < -0.3 is 10.0 Å². The van der Waals surface area contributed by atoms with E-state index in [4.69, 9.17) is 6.42 Å². The van der Waals surface area contributed by atoms with Crippen molar-refractivity contribution in [2.24, 2.45) is 5.41 Å². The molecule has 0 aromatic carbocycles. The van der Waals surface area contributed by atoms with Crippen LogP contribution in [-0.2, 0) is 9.59 Å². The molecule has 1 aliphatic rings. The molecule has 0 aromatic rings. The molecule has 0 spiro atoms. The fourth-order valence-electron chi connectivity index (χ4n) is 2.62. The minimum Gasteiger partial charge on any atom is -0.481 e. The number of terminal acetylenes is 1. The van der Waals surface area contributed by atoms with E-state index in [9.17, 15) is 14.7 Å². The van der Waals surface area contributed by atoms with E-state index in [2.05, 4.69) is 5.92 Å². The number of carboxylic acid groups (broad SMARTS) is 1. The smallest absolute Gasteiger partial charge is 0.311 e. The van der Waals surface area contributed by atoms with Crippen LogP contribution in [0.2, 0.25) is 0 Å². The molecule has 4 heteroatoms. The lowest BCUT2D eigenvalue weighted by molar-refractivity contribution is -0.155. The van der Waals surface area contributed by atoms with Gasteiger partial charge in [0.2, 0.25) is 5.91 Å². The topological polar surface area (TPSA) is 57.6 Å². The zero-order valence-electron chi connectivity index (χ0n) is 11.7. The van der Waals surface area contributed by atoms with E-state index >= 15 is 0 Å². The number of likely N-dealkylation sites (tertiary alicyclic amines) is 1. The molecule has 19 heavy (non-hydrogen) atoms. The molecule has 0 saturated carbocycles. The maximum absolute atomic E-state index is 12.1. The summed E-state index contributed by atoms with van der Waals surface area (Å²) in [6.45, 7) is 2.92. The molecule has 4 nitrogen and oxygen atoms in total. The van der Waals surface area contributed by atoms with Crippen molar-refractivity contribution in [1.29, 1.82) is 0 Å². The fraction of sp³-hybridized carbons (Fsp3) is 0.733. The minimum atomic E-state index is -0.778. The normalized spacial score (nSPS) is 22.8.